The van der Waals surface area contributed by atoms with E-state index < -0.39 is 5.54 Å². The van der Waals surface area contributed by atoms with E-state index in [4.69, 9.17) is 10.5 Å². The summed E-state index contributed by atoms with van der Waals surface area (Å²) in [6, 6.07) is 6.10. The maximum absolute atomic E-state index is 12.2. The number of benzene rings is 1. The zero-order chi connectivity index (χ0) is 17.1. The number of hydrogen-bond donors (Lipinski definition) is 2. The van der Waals surface area contributed by atoms with Crippen molar-refractivity contribution in [2.75, 3.05) is 7.05 Å². The summed E-state index contributed by atoms with van der Waals surface area (Å²) in [6.07, 6.45) is 2.89. The fourth-order valence-corrected chi connectivity index (χ4v) is 3.78. The Morgan fingerprint density at radius 3 is 2.88 bits per heavy atom. The summed E-state index contributed by atoms with van der Waals surface area (Å²) in [5.74, 6) is 0.831. The number of halogens is 1. The summed E-state index contributed by atoms with van der Waals surface area (Å²) in [5, 5.41) is 16.9. The van der Waals surface area contributed by atoms with E-state index >= 15 is 0 Å². The highest BCUT2D eigenvalue weighted by Crippen LogP contribution is 2.35. The van der Waals surface area contributed by atoms with Gasteiger partial charge in [0, 0.05) is 19.0 Å². The lowest BCUT2D eigenvalue weighted by Crippen LogP contribution is -2.58. The van der Waals surface area contributed by atoms with Crippen molar-refractivity contribution >= 4 is 38.7 Å². The first-order valence-corrected chi connectivity index (χ1v) is 8.96. The smallest absolute Gasteiger partial charge is 0.231 e. The molecule has 1 aromatic carbocycles. The van der Waals surface area contributed by atoms with E-state index in [9.17, 15) is 4.79 Å². The summed E-state index contributed by atoms with van der Waals surface area (Å²) in [6.45, 7) is 2.91. The number of carbonyl (C=O) groups is 1. The third-order valence-corrected chi connectivity index (χ3v) is 5.89. The van der Waals surface area contributed by atoms with Gasteiger partial charge in [0.1, 0.15) is 4.60 Å². The normalized spacial score (nSPS) is 24.5. The molecular weight excluding hydrogens is 370 g/mol. The van der Waals surface area contributed by atoms with Crippen molar-refractivity contribution in [1.82, 2.24) is 20.0 Å². The molecule has 1 saturated carbocycles. The minimum absolute atomic E-state index is 0.0539. The molecule has 0 spiro atoms. The Morgan fingerprint density at radius 1 is 1.46 bits per heavy atom. The van der Waals surface area contributed by atoms with Crippen LogP contribution >= 0.6 is 15.9 Å². The Morgan fingerprint density at radius 2 is 2.21 bits per heavy atom. The van der Waals surface area contributed by atoms with Crippen LogP contribution in [0.4, 0.5) is 0 Å². The SMILES string of the molecule is CN1C(=N)N[C@](C)(c2ccc3c(Br)n(CC4CC4)nc3c2)CC1=O. The predicted molar refractivity (Wildman–Crippen MR) is 95.8 cm³/mol. The van der Waals surface area contributed by atoms with Gasteiger partial charge in [0.05, 0.1) is 17.5 Å². The lowest BCUT2D eigenvalue weighted by atomic mass is 9.86. The molecular formula is C17H20BrN5O. The van der Waals surface area contributed by atoms with Crippen LogP contribution in [-0.2, 0) is 16.9 Å². The van der Waals surface area contributed by atoms with Crippen LogP contribution in [0.3, 0.4) is 0 Å². The lowest BCUT2D eigenvalue weighted by molar-refractivity contribution is -0.129. The minimum atomic E-state index is -0.582. The van der Waals surface area contributed by atoms with Gasteiger partial charge in [-0.05, 0) is 59.3 Å². The molecule has 2 heterocycles. The van der Waals surface area contributed by atoms with E-state index in [0.29, 0.717) is 6.42 Å². The van der Waals surface area contributed by atoms with Crippen LogP contribution in [0.15, 0.2) is 22.8 Å². The maximum atomic E-state index is 12.2. The highest BCUT2D eigenvalue weighted by atomic mass is 79.9. The summed E-state index contributed by atoms with van der Waals surface area (Å²) >= 11 is 3.66. The second-order valence-corrected chi connectivity index (χ2v) is 7.83. The molecule has 1 aliphatic heterocycles. The third kappa shape index (κ3) is 2.51. The summed E-state index contributed by atoms with van der Waals surface area (Å²) in [4.78, 5) is 13.5. The molecule has 6 nitrogen and oxygen atoms in total. The molecule has 1 aromatic heterocycles. The molecule has 126 valence electrons. The van der Waals surface area contributed by atoms with Gasteiger partial charge in [0.2, 0.25) is 5.91 Å². The summed E-state index contributed by atoms with van der Waals surface area (Å²) < 4.78 is 3.05. The maximum Gasteiger partial charge on any atom is 0.231 e. The molecule has 2 aromatic rings. The number of nitrogens with one attached hydrogen (secondary N) is 2. The van der Waals surface area contributed by atoms with Gasteiger partial charge in [-0.25, -0.2) is 0 Å². The first-order chi connectivity index (χ1) is 11.4. The average molecular weight is 390 g/mol. The molecule has 1 saturated heterocycles. The van der Waals surface area contributed by atoms with E-state index in [1.165, 1.54) is 17.7 Å². The number of nitrogens with zero attached hydrogens (tertiary/aromatic N) is 3. The number of guanidine groups is 1. The number of hydrogen-bond acceptors (Lipinski definition) is 3. The number of rotatable bonds is 3. The van der Waals surface area contributed by atoms with Crippen LogP contribution in [0.5, 0.6) is 0 Å². The Kier molecular flexibility index (Phi) is 3.46. The van der Waals surface area contributed by atoms with Crippen molar-refractivity contribution in [3.8, 4) is 0 Å². The van der Waals surface area contributed by atoms with Crippen molar-refractivity contribution < 1.29 is 4.79 Å². The molecule has 1 atom stereocenters. The molecule has 4 rings (SSSR count). The Balaban J connectivity index is 1.71. The monoisotopic (exact) mass is 389 g/mol. The van der Waals surface area contributed by atoms with Gasteiger partial charge in [0.15, 0.2) is 5.96 Å². The van der Waals surface area contributed by atoms with Gasteiger partial charge in [-0.15, -0.1) is 0 Å². The van der Waals surface area contributed by atoms with Crippen LogP contribution in [0.1, 0.15) is 31.7 Å². The largest absolute Gasteiger partial charge is 0.346 e. The number of aromatic nitrogens is 2. The Labute approximate surface area is 148 Å². The van der Waals surface area contributed by atoms with Crippen LogP contribution in [0, 0.1) is 11.3 Å². The van der Waals surface area contributed by atoms with E-state index in [1.54, 1.807) is 7.05 Å². The highest BCUT2D eigenvalue weighted by molar-refractivity contribution is 9.10. The zero-order valence-corrected chi connectivity index (χ0v) is 15.4. The van der Waals surface area contributed by atoms with Crippen LogP contribution in [-0.4, -0.2) is 33.6 Å². The van der Waals surface area contributed by atoms with E-state index in [0.717, 1.165) is 33.5 Å². The van der Waals surface area contributed by atoms with Gasteiger partial charge in [-0.2, -0.15) is 5.10 Å². The van der Waals surface area contributed by atoms with Crippen molar-refractivity contribution in [1.29, 1.82) is 5.41 Å². The fourth-order valence-electron chi connectivity index (χ4n) is 3.22. The average Bonchev–Trinajstić information content (AvgIpc) is 3.29. The molecule has 1 amide bonds. The molecule has 2 N–H and O–H groups in total. The molecule has 2 fully saturated rings. The molecule has 0 unspecified atom stereocenters. The molecule has 2 aliphatic rings. The van der Waals surface area contributed by atoms with Crippen LogP contribution < -0.4 is 5.32 Å². The van der Waals surface area contributed by atoms with Gasteiger partial charge in [-0.1, -0.05) is 6.07 Å². The van der Waals surface area contributed by atoms with E-state index in [-0.39, 0.29) is 11.9 Å². The number of fused-ring (bicyclic) bond motifs is 1. The molecule has 24 heavy (non-hydrogen) atoms. The van der Waals surface area contributed by atoms with E-state index in [1.807, 2.05) is 29.8 Å². The second kappa shape index (κ2) is 5.31. The first kappa shape index (κ1) is 15.6. The van der Waals surface area contributed by atoms with Gasteiger partial charge >= 0.3 is 0 Å². The lowest BCUT2D eigenvalue weighted by Gasteiger charge is -2.39. The van der Waals surface area contributed by atoms with Gasteiger partial charge in [0.25, 0.3) is 0 Å². The molecule has 0 bridgehead atoms. The van der Waals surface area contributed by atoms with Crippen molar-refractivity contribution in [3.05, 3.63) is 28.4 Å². The standard InChI is InChI=1S/C17H20BrN5O/c1-17(8-14(24)22(2)16(19)20-17)11-5-6-12-13(7-11)21-23(15(12)18)9-10-3-4-10/h5-7,10H,3-4,8-9H2,1-2H3,(H2,19,20)/t17-/m0/s1. The van der Waals surface area contributed by atoms with Crippen molar-refractivity contribution in [2.45, 2.75) is 38.3 Å². The second-order valence-electron chi connectivity index (χ2n) is 7.08. The fraction of sp³-hybridized carbons (Fsp3) is 0.471. The molecule has 7 heteroatoms. The number of amides is 1. The quantitative estimate of drug-likeness (QED) is 0.847. The predicted octanol–water partition coefficient (Wildman–Crippen LogP) is 2.81. The minimum Gasteiger partial charge on any atom is -0.346 e. The van der Waals surface area contributed by atoms with Gasteiger partial charge < -0.3 is 5.32 Å². The topological polar surface area (TPSA) is 74.0 Å². The number of carbonyl (C=O) groups excluding carboxylic acids is 1. The third-order valence-electron chi connectivity index (χ3n) is 5.05. The van der Waals surface area contributed by atoms with Crippen molar-refractivity contribution in [3.63, 3.8) is 0 Å². The summed E-state index contributed by atoms with van der Waals surface area (Å²) in [7, 11) is 1.62. The Bertz CT molecular complexity index is 836. The van der Waals surface area contributed by atoms with Crippen LogP contribution in [0.25, 0.3) is 10.9 Å². The zero-order valence-electron chi connectivity index (χ0n) is 13.8. The van der Waals surface area contributed by atoms with E-state index in [2.05, 4.69) is 21.2 Å². The molecule has 1 aliphatic carbocycles. The highest BCUT2D eigenvalue weighted by Gasteiger charge is 2.38. The van der Waals surface area contributed by atoms with Crippen LogP contribution in [0.2, 0.25) is 0 Å². The van der Waals surface area contributed by atoms with Gasteiger partial charge in [-0.3, -0.25) is 19.8 Å². The first-order valence-electron chi connectivity index (χ1n) is 8.17. The molecule has 0 radical (unpaired) electrons. The Hall–Kier alpha value is -1.89. The summed E-state index contributed by atoms with van der Waals surface area (Å²) in [5.41, 5.74) is 1.31. The van der Waals surface area contributed by atoms with Crippen molar-refractivity contribution in [2.24, 2.45) is 5.92 Å².